The van der Waals surface area contributed by atoms with Crippen molar-refractivity contribution in [3.8, 4) is 34.6 Å². The van der Waals surface area contributed by atoms with Crippen molar-refractivity contribution in [2.45, 2.75) is 33.4 Å². The molecule has 0 saturated carbocycles. The maximum Gasteiger partial charge on any atom is 0.471 e. The zero-order valence-electron chi connectivity index (χ0n) is 19.3. The Bertz CT molecular complexity index is 1270. The summed E-state index contributed by atoms with van der Waals surface area (Å²) in [4.78, 5) is 3.44. The van der Waals surface area contributed by atoms with Crippen molar-refractivity contribution in [1.82, 2.24) is 10.1 Å². The van der Waals surface area contributed by atoms with Gasteiger partial charge in [0.15, 0.2) is 0 Å². The van der Waals surface area contributed by atoms with Gasteiger partial charge in [-0.15, -0.1) is 0 Å². The van der Waals surface area contributed by atoms with E-state index in [1.54, 1.807) is 38.1 Å². The monoisotopic (exact) mass is 488 g/mol. The average molecular weight is 488 g/mol. The fourth-order valence-electron chi connectivity index (χ4n) is 3.40. The Balaban J connectivity index is 1.29. The predicted molar refractivity (Wildman–Crippen MR) is 120 cm³/mol. The molecule has 2 heterocycles. The van der Waals surface area contributed by atoms with Gasteiger partial charge in [0.1, 0.15) is 23.0 Å². The first kappa shape index (κ1) is 24.2. The average Bonchev–Trinajstić information content (AvgIpc) is 3.45. The molecule has 0 aliphatic carbocycles. The highest BCUT2D eigenvalue weighted by Crippen LogP contribution is 2.32. The molecule has 0 N–H and O–H groups in total. The zero-order valence-corrected chi connectivity index (χ0v) is 19.3. The molecule has 0 aliphatic rings. The van der Waals surface area contributed by atoms with Crippen molar-refractivity contribution >= 4 is 0 Å². The molecule has 0 saturated heterocycles. The molecule has 0 atom stereocenters. The van der Waals surface area contributed by atoms with Crippen molar-refractivity contribution in [3.63, 3.8) is 0 Å². The van der Waals surface area contributed by atoms with Gasteiger partial charge in [-0.2, -0.15) is 18.2 Å². The van der Waals surface area contributed by atoms with Crippen molar-refractivity contribution in [2.24, 2.45) is 0 Å². The Kier molecular flexibility index (Phi) is 6.99. The molecule has 2 aromatic carbocycles. The number of alkyl halides is 3. The second-order valence-electron chi connectivity index (χ2n) is 7.85. The van der Waals surface area contributed by atoms with Crippen LogP contribution in [-0.4, -0.2) is 23.4 Å². The van der Waals surface area contributed by atoms with Crippen LogP contribution >= 0.6 is 0 Å². The van der Waals surface area contributed by atoms with Crippen LogP contribution in [0.4, 0.5) is 13.2 Å². The third-order valence-corrected chi connectivity index (χ3v) is 4.93. The molecule has 0 bridgehead atoms. The number of aryl methyl sites for hydroxylation is 3. The maximum atomic E-state index is 12.7. The predicted octanol–water partition coefficient (Wildman–Crippen LogP) is 6.91. The summed E-state index contributed by atoms with van der Waals surface area (Å²) in [5.41, 5.74) is 1.91. The van der Waals surface area contributed by atoms with E-state index in [2.05, 4.69) is 14.7 Å². The molecule has 35 heavy (non-hydrogen) atoms. The first-order valence-electron chi connectivity index (χ1n) is 10.8. The fraction of sp³-hybridized carbons (Fsp3) is 0.280. The van der Waals surface area contributed by atoms with Gasteiger partial charge in [0.25, 0.3) is 5.95 Å². The number of aromatic nitrogens is 2. The highest BCUT2D eigenvalue weighted by atomic mass is 19.4. The molecule has 0 aliphatic heterocycles. The number of ether oxygens (including phenoxy) is 3. The summed E-state index contributed by atoms with van der Waals surface area (Å²) in [5.74, 6) is 1.57. The Hall–Kier alpha value is -3.95. The lowest BCUT2D eigenvalue weighted by Gasteiger charge is -2.14. The van der Waals surface area contributed by atoms with Gasteiger partial charge in [-0.1, -0.05) is 11.2 Å². The maximum absolute atomic E-state index is 12.7. The number of hydrogen-bond donors (Lipinski definition) is 0. The van der Waals surface area contributed by atoms with E-state index in [0.29, 0.717) is 48.4 Å². The van der Waals surface area contributed by atoms with E-state index < -0.39 is 12.1 Å². The lowest BCUT2D eigenvalue weighted by Crippen LogP contribution is -2.07. The van der Waals surface area contributed by atoms with Crippen LogP contribution in [0.2, 0.25) is 0 Å². The fourth-order valence-corrected chi connectivity index (χ4v) is 3.40. The van der Waals surface area contributed by atoms with Gasteiger partial charge >= 0.3 is 12.1 Å². The largest absolute Gasteiger partial charge is 0.493 e. The van der Waals surface area contributed by atoms with Gasteiger partial charge in [-0.05, 0) is 62.2 Å². The smallest absolute Gasteiger partial charge is 0.471 e. The molecule has 0 spiro atoms. The minimum atomic E-state index is -4.69. The van der Waals surface area contributed by atoms with Crippen molar-refractivity contribution in [3.05, 3.63) is 71.3 Å². The van der Waals surface area contributed by atoms with E-state index in [0.717, 1.165) is 16.9 Å². The van der Waals surface area contributed by atoms with Crippen LogP contribution in [0.25, 0.3) is 11.4 Å². The van der Waals surface area contributed by atoms with Gasteiger partial charge in [-0.25, -0.2) is 0 Å². The summed E-state index contributed by atoms with van der Waals surface area (Å²) in [6, 6.07) is 14.1. The van der Waals surface area contributed by atoms with E-state index in [-0.39, 0.29) is 5.82 Å². The normalized spacial score (nSPS) is 11.5. The van der Waals surface area contributed by atoms with Gasteiger partial charge < -0.3 is 23.2 Å². The van der Waals surface area contributed by atoms with Crippen LogP contribution < -0.4 is 14.2 Å². The zero-order chi connectivity index (χ0) is 25.0. The Morgan fingerprint density at radius 3 is 2.26 bits per heavy atom. The van der Waals surface area contributed by atoms with Crippen LogP contribution in [0, 0.1) is 20.8 Å². The first-order chi connectivity index (χ1) is 16.7. The van der Waals surface area contributed by atoms with Crippen LogP contribution in [0.5, 0.6) is 23.2 Å². The van der Waals surface area contributed by atoms with Crippen LogP contribution in [0.1, 0.15) is 29.2 Å². The van der Waals surface area contributed by atoms with Crippen LogP contribution in [0.15, 0.2) is 57.5 Å². The summed E-state index contributed by atoms with van der Waals surface area (Å²) in [5, 5.41) is 3.43. The highest BCUT2D eigenvalue weighted by Gasteiger charge is 2.38. The minimum absolute atomic E-state index is 0.128. The molecule has 10 heteroatoms. The Labute approximate surface area is 199 Å². The van der Waals surface area contributed by atoms with E-state index >= 15 is 0 Å². The molecule has 0 amide bonds. The summed E-state index contributed by atoms with van der Waals surface area (Å²) in [7, 11) is 0. The number of nitrogens with zero attached hydrogens (tertiary/aromatic N) is 2. The van der Waals surface area contributed by atoms with Gasteiger partial charge in [-0.3, -0.25) is 0 Å². The molecular weight excluding hydrogens is 465 g/mol. The van der Waals surface area contributed by atoms with Gasteiger partial charge in [0.2, 0.25) is 5.82 Å². The molecule has 0 unspecified atom stereocenters. The second kappa shape index (κ2) is 10.1. The quantitative estimate of drug-likeness (QED) is 0.237. The Morgan fingerprint density at radius 1 is 0.886 bits per heavy atom. The number of halogens is 3. The highest BCUT2D eigenvalue weighted by molar-refractivity contribution is 5.61. The van der Waals surface area contributed by atoms with E-state index in [1.165, 1.54) is 0 Å². The van der Waals surface area contributed by atoms with Crippen molar-refractivity contribution in [2.75, 3.05) is 13.2 Å². The summed E-state index contributed by atoms with van der Waals surface area (Å²) in [6.07, 6.45) is -4.07. The molecule has 2 aromatic heterocycles. The SMILES string of the molecule is Cc1ccc(Oc2cccc(OCCCOc3c(C)cc(-c4noc(C(F)(F)F)n4)cc3C)c2)o1. The third kappa shape index (κ3) is 6.14. The van der Waals surface area contributed by atoms with E-state index in [4.69, 9.17) is 18.6 Å². The molecule has 4 aromatic rings. The molecule has 184 valence electrons. The summed E-state index contributed by atoms with van der Waals surface area (Å²) >= 11 is 0. The summed E-state index contributed by atoms with van der Waals surface area (Å²) in [6.45, 7) is 6.26. The molecule has 7 nitrogen and oxygen atoms in total. The molecular formula is C25H23F3N2O5. The first-order valence-corrected chi connectivity index (χ1v) is 10.8. The lowest BCUT2D eigenvalue weighted by atomic mass is 10.1. The number of furan rings is 1. The Morgan fingerprint density at radius 2 is 1.60 bits per heavy atom. The number of hydrogen-bond acceptors (Lipinski definition) is 7. The van der Waals surface area contributed by atoms with Crippen LogP contribution in [-0.2, 0) is 6.18 Å². The molecule has 4 rings (SSSR count). The third-order valence-electron chi connectivity index (χ3n) is 4.93. The van der Waals surface area contributed by atoms with Crippen LogP contribution in [0.3, 0.4) is 0 Å². The standard InChI is InChI=1S/C25H23F3N2O5/c1-15-12-18(23-29-24(35-30-23)25(26,27)28)13-16(2)22(15)32-11-5-10-31-19-6-4-7-20(14-19)34-21-9-8-17(3)33-21/h4,6-9,12-14H,5,10-11H2,1-3H3. The van der Waals surface area contributed by atoms with E-state index in [9.17, 15) is 13.2 Å². The number of benzene rings is 2. The molecule has 0 radical (unpaired) electrons. The van der Waals surface area contributed by atoms with E-state index in [1.807, 2.05) is 31.2 Å². The lowest BCUT2D eigenvalue weighted by molar-refractivity contribution is -0.159. The van der Waals surface area contributed by atoms with Crippen molar-refractivity contribution in [1.29, 1.82) is 0 Å². The van der Waals surface area contributed by atoms with Gasteiger partial charge in [0.05, 0.1) is 13.2 Å². The van der Waals surface area contributed by atoms with Crippen molar-refractivity contribution < 1.29 is 36.3 Å². The number of rotatable bonds is 9. The van der Waals surface area contributed by atoms with Gasteiger partial charge in [0, 0.05) is 24.1 Å². The minimum Gasteiger partial charge on any atom is -0.493 e. The molecule has 0 fully saturated rings. The topological polar surface area (TPSA) is 79.8 Å². The summed E-state index contributed by atoms with van der Waals surface area (Å²) < 4.78 is 65.3. The second-order valence-corrected chi connectivity index (χ2v) is 7.85.